The summed E-state index contributed by atoms with van der Waals surface area (Å²) in [4.78, 5) is 20.0. The molecule has 132 valence electrons. The van der Waals surface area contributed by atoms with Crippen molar-refractivity contribution in [3.8, 4) is 22.8 Å². The molecule has 0 radical (unpaired) electrons. The number of rotatable bonds is 4. The molecule has 0 unspecified atom stereocenters. The number of benzene rings is 3. The van der Waals surface area contributed by atoms with Gasteiger partial charge < -0.3 is 4.74 Å². The minimum absolute atomic E-state index is 0.124. The second kappa shape index (κ2) is 7.28. The van der Waals surface area contributed by atoms with Crippen LogP contribution in [0, 0.1) is 13.7 Å². The third kappa shape index (κ3) is 3.72. The van der Waals surface area contributed by atoms with Gasteiger partial charge in [-0.25, -0.2) is 4.98 Å². The molecule has 4 aromatic rings. The Hall–Kier alpha value is -3.07. The van der Waals surface area contributed by atoms with Gasteiger partial charge in [0.05, 0.1) is 27.8 Å². The van der Waals surface area contributed by atoms with Crippen molar-refractivity contribution in [3.63, 3.8) is 0 Å². The molecule has 0 saturated carbocycles. The van der Waals surface area contributed by atoms with Crippen LogP contribution in [0.25, 0.3) is 22.3 Å². The first-order chi connectivity index (χ1) is 13.1. The van der Waals surface area contributed by atoms with Crippen molar-refractivity contribution >= 4 is 39.3 Å². The molecule has 0 amide bonds. The maximum atomic E-state index is 11.6. The lowest BCUT2D eigenvalue weighted by Gasteiger charge is -2.08. The van der Waals surface area contributed by atoms with Crippen LogP contribution in [0.1, 0.15) is 0 Å². The quantitative estimate of drug-likeness (QED) is 0.221. The summed E-state index contributed by atoms with van der Waals surface area (Å²) in [5.41, 5.74) is 2.56. The fourth-order valence-electron chi connectivity index (χ4n) is 2.63. The fraction of sp³-hybridized carbons (Fsp3) is 0. The number of ether oxygens (including phenoxy) is 1. The van der Waals surface area contributed by atoms with Crippen LogP contribution in [-0.2, 0) is 0 Å². The molecule has 0 atom stereocenters. The normalized spacial score (nSPS) is 10.7. The van der Waals surface area contributed by atoms with Gasteiger partial charge in [-0.3, -0.25) is 15.1 Å². The molecule has 1 heterocycles. The summed E-state index contributed by atoms with van der Waals surface area (Å²) in [5.74, 6) is 0.718. The molecule has 0 spiro atoms. The summed E-state index contributed by atoms with van der Waals surface area (Å²) in [6.07, 6.45) is 1.61. The van der Waals surface area contributed by atoms with E-state index in [2.05, 4.69) is 32.6 Å². The summed E-state index contributed by atoms with van der Waals surface area (Å²) < 4.78 is 6.76. The Morgan fingerprint density at radius 1 is 0.963 bits per heavy atom. The van der Waals surface area contributed by atoms with Gasteiger partial charge in [0.15, 0.2) is 0 Å². The van der Waals surface area contributed by atoms with Crippen molar-refractivity contribution in [1.29, 1.82) is 0 Å². The van der Waals surface area contributed by atoms with Crippen LogP contribution < -0.4 is 4.74 Å². The highest BCUT2D eigenvalue weighted by Crippen LogP contribution is 2.35. The lowest BCUT2D eigenvalue weighted by molar-refractivity contribution is -0.385. The zero-order valence-corrected chi connectivity index (χ0v) is 16.0. The number of fused-ring (bicyclic) bond motifs is 1. The number of hydrogen-bond acceptors (Lipinski definition) is 5. The van der Waals surface area contributed by atoms with Crippen molar-refractivity contribution in [3.05, 3.63) is 86.6 Å². The van der Waals surface area contributed by atoms with E-state index in [1.807, 2.05) is 36.4 Å². The van der Waals surface area contributed by atoms with Gasteiger partial charge in [0.2, 0.25) is 5.75 Å². The van der Waals surface area contributed by atoms with Crippen molar-refractivity contribution < 1.29 is 9.66 Å². The third-order valence-electron chi connectivity index (χ3n) is 3.94. The Labute approximate surface area is 168 Å². The molecule has 3 aromatic carbocycles. The van der Waals surface area contributed by atoms with Gasteiger partial charge >= 0.3 is 5.69 Å². The smallest absolute Gasteiger partial charge is 0.312 e. The van der Waals surface area contributed by atoms with E-state index >= 15 is 0 Å². The van der Waals surface area contributed by atoms with Gasteiger partial charge in [-0.1, -0.05) is 12.1 Å². The standard InChI is InChI=1S/C20H12IN3O3/c21-14-6-8-15(9-7-14)27-20-10-5-13(11-19(20)24(25)26)18-12-22-16-3-1-2-4-17(16)23-18/h1-12H. The van der Waals surface area contributed by atoms with E-state index in [0.29, 0.717) is 17.0 Å². The largest absolute Gasteiger partial charge is 0.450 e. The average molecular weight is 469 g/mol. The Bertz CT molecular complexity index is 1150. The first-order valence-electron chi connectivity index (χ1n) is 8.04. The van der Waals surface area contributed by atoms with Crippen LogP contribution >= 0.6 is 22.6 Å². The van der Waals surface area contributed by atoms with E-state index in [1.165, 1.54) is 6.07 Å². The Kier molecular flexibility index (Phi) is 4.68. The van der Waals surface area contributed by atoms with E-state index in [4.69, 9.17) is 4.74 Å². The summed E-state index contributed by atoms with van der Waals surface area (Å²) in [6.45, 7) is 0. The minimum Gasteiger partial charge on any atom is -0.450 e. The van der Waals surface area contributed by atoms with Gasteiger partial charge in [0.1, 0.15) is 5.75 Å². The number of aromatic nitrogens is 2. The van der Waals surface area contributed by atoms with Gasteiger partial charge in [0, 0.05) is 15.2 Å². The van der Waals surface area contributed by atoms with Crippen molar-refractivity contribution in [2.45, 2.75) is 0 Å². The predicted molar refractivity (Wildman–Crippen MR) is 111 cm³/mol. The maximum absolute atomic E-state index is 11.6. The molecule has 0 aliphatic rings. The molecule has 0 aliphatic heterocycles. The monoisotopic (exact) mass is 469 g/mol. The molecular weight excluding hydrogens is 457 g/mol. The summed E-state index contributed by atoms with van der Waals surface area (Å²) in [6, 6.07) is 19.6. The van der Waals surface area contributed by atoms with Crippen molar-refractivity contribution in [2.24, 2.45) is 0 Å². The molecular formula is C20H12IN3O3. The highest BCUT2D eigenvalue weighted by molar-refractivity contribution is 14.1. The first-order valence-corrected chi connectivity index (χ1v) is 9.12. The van der Waals surface area contributed by atoms with E-state index in [9.17, 15) is 10.1 Å². The Morgan fingerprint density at radius 2 is 1.70 bits per heavy atom. The van der Waals surface area contributed by atoms with E-state index in [0.717, 1.165) is 14.6 Å². The number of hydrogen-bond donors (Lipinski definition) is 0. The lowest BCUT2D eigenvalue weighted by Crippen LogP contribution is -1.95. The third-order valence-corrected chi connectivity index (χ3v) is 4.66. The van der Waals surface area contributed by atoms with Crippen LogP contribution in [0.15, 0.2) is 72.9 Å². The second-order valence-corrected chi connectivity index (χ2v) is 6.99. The molecule has 27 heavy (non-hydrogen) atoms. The molecule has 7 heteroatoms. The maximum Gasteiger partial charge on any atom is 0.312 e. The summed E-state index contributed by atoms with van der Waals surface area (Å²) in [5, 5.41) is 11.6. The Balaban J connectivity index is 1.73. The molecule has 0 fully saturated rings. The van der Waals surface area contributed by atoms with Crippen LogP contribution in [-0.4, -0.2) is 14.9 Å². The SMILES string of the molecule is O=[N+]([O-])c1cc(-c2cnc3ccccc3n2)ccc1Oc1ccc(I)cc1. The second-order valence-electron chi connectivity index (χ2n) is 5.74. The number of nitro groups is 1. The summed E-state index contributed by atoms with van der Waals surface area (Å²) >= 11 is 2.18. The lowest BCUT2D eigenvalue weighted by atomic mass is 10.1. The van der Waals surface area contributed by atoms with E-state index < -0.39 is 4.92 Å². The first kappa shape index (κ1) is 17.3. The molecule has 0 aliphatic carbocycles. The van der Waals surface area contributed by atoms with E-state index in [1.54, 1.807) is 30.5 Å². The van der Waals surface area contributed by atoms with Gasteiger partial charge in [0.25, 0.3) is 0 Å². The number of halogens is 1. The van der Waals surface area contributed by atoms with Gasteiger partial charge in [-0.2, -0.15) is 0 Å². The fourth-order valence-corrected chi connectivity index (χ4v) is 2.99. The molecule has 4 rings (SSSR count). The Morgan fingerprint density at radius 3 is 2.44 bits per heavy atom. The molecule has 1 aromatic heterocycles. The highest BCUT2D eigenvalue weighted by atomic mass is 127. The van der Waals surface area contributed by atoms with Crippen LogP contribution in [0.4, 0.5) is 5.69 Å². The molecule has 0 bridgehead atoms. The van der Waals surface area contributed by atoms with Gasteiger partial charge in [-0.15, -0.1) is 0 Å². The van der Waals surface area contributed by atoms with E-state index in [-0.39, 0.29) is 11.4 Å². The predicted octanol–water partition coefficient (Wildman–Crippen LogP) is 5.60. The average Bonchev–Trinajstić information content (AvgIpc) is 2.69. The van der Waals surface area contributed by atoms with Crippen LogP contribution in [0.3, 0.4) is 0 Å². The highest BCUT2D eigenvalue weighted by Gasteiger charge is 2.18. The van der Waals surface area contributed by atoms with Gasteiger partial charge in [-0.05, 0) is 71.1 Å². The number of nitro benzene ring substituents is 1. The zero-order valence-electron chi connectivity index (χ0n) is 13.9. The molecule has 0 saturated heterocycles. The molecule has 0 N–H and O–H groups in total. The summed E-state index contributed by atoms with van der Waals surface area (Å²) in [7, 11) is 0. The molecule has 6 nitrogen and oxygen atoms in total. The zero-order chi connectivity index (χ0) is 18.8. The van der Waals surface area contributed by atoms with Crippen LogP contribution in [0.5, 0.6) is 11.5 Å². The topological polar surface area (TPSA) is 78.2 Å². The van der Waals surface area contributed by atoms with Crippen LogP contribution in [0.2, 0.25) is 0 Å². The number of nitrogens with zero attached hydrogens (tertiary/aromatic N) is 3. The minimum atomic E-state index is -0.458. The van der Waals surface area contributed by atoms with Crippen molar-refractivity contribution in [1.82, 2.24) is 9.97 Å². The van der Waals surface area contributed by atoms with Crippen molar-refractivity contribution in [2.75, 3.05) is 0 Å². The number of para-hydroxylation sites is 2.